The topological polar surface area (TPSA) is 58.7 Å². The van der Waals surface area contributed by atoms with Crippen molar-refractivity contribution in [2.24, 2.45) is 0 Å². The maximum Gasteiger partial charge on any atom is 0.247 e. The lowest BCUT2D eigenvalue weighted by atomic mass is 10.1. The summed E-state index contributed by atoms with van der Waals surface area (Å²) in [6.07, 6.45) is 5.06. The predicted octanol–water partition coefficient (Wildman–Crippen LogP) is 4.24. The lowest BCUT2D eigenvalue weighted by Crippen LogP contribution is -2.33. The molecular formula is C18H18Cl2N2O4. The second-order valence-corrected chi connectivity index (χ2v) is 6.96. The summed E-state index contributed by atoms with van der Waals surface area (Å²) in [5.74, 6) is -0.554. The Morgan fingerprint density at radius 3 is 3.00 bits per heavy atom. The summed E-state index contributed by atoms with van der Waals surface area (Å²) in [6.45, 7) is 3.81. The van der Waals surface area contributed by atoms with Crippen LogP contribution in [0.5, 0.6) is 0 Å². The van der Waals surface area contributed by atoms with Crippen molar-refractivity contribution < 1.29 is 18.6 Å². The predicted molar refractivity (Wildman–Crippen MR) is 97.5 cm³/mol. The van der Waals surface area contributed by atoms with Gasteiger partial charge in [-0.1, -0.05) is 23.2 Å². The van der Waals surface area contributed by atoms with Gasteiger partial charge in [0.1, 0.15) is 6.10 Å². The average Bonchev–Trinajstić information content (AvgIpc) is 3.33. The molecule has 6 nitrogen and oxygen atoms in total. The van der Waals surface area contributed by atoms with E-state index >= 15 is 0 Å². The van der Waals surface area contributed by atoms with Crippen LogP contribution in [0.1, 0.15) is 12.7 Å². The Kier molecular flexibility index (Phi) is 4.94. The molecule has 0 N–H and O–H groups in total. The van der Waals surface area contributed by atoms with Gasteiger partial charge in [0.2, 0.25) is 5.79 Å². The van der Waals surface area contributed by atoms with Gasteiger partial charge in [0.05, 0.1) is 31.1 Å². The third-order valence-corrected chi connectivity index (χ3v) is 4.73. The molecule has 138 valence electrons. The van der Waals surface area contributed by atoms with Gasteiger partial charge in [-0.2, -0.15) is 0 Å². The van der Waals surface area contributed by atoms with E-state index in [4.69, 9.17) is 41.8 Å². The fourth-order valence-corrected chi connectivity index (χ4v) is 3.62. The van der Waals surface area contributed by atoms with Crippen LogP contribution in [0, 0.1) is 0 Å². The Hall–Kier alpha value is -1.57. The molecule has 1 aliphatic heterocycles. The first kappa shape index (κ1) is 17.8. The fourth-order valence-electron chi connectivity index (χ4n) is 3.07. The zero-order chi connectivity index (χ0) is 18.1. The van der Waals surface area contributed by atoms with Gasteiger partial charge in [-0.25, -0.2) is 4.98 Å². The normalized spacial score (nSPS) is 23.1. The number of imidazole rings is 1. The summed E-state index contributed by atoms with van der Waals surface area (Å²) in [4.78, 5) is 4.08. The zero-order valence-electron chi connectivity index (χ0n) is 14.2. The third kappa shape index (κ3) is 3.35. The highest BCUT2D eigenvalue weighted by Crippen LogP contribution is 2.41. The average molecular weight is 397 g/mol. The maximum atomic E-state index is 6.27. The number of benzene rings is 1. The maximum absolute atomic E-state index is 6.27. The lowest BCUT2D eigenvalue weighted by Gasteiger charge is -2.26. The summed E-state index contributed by atoms with van der Waals surface area (Å²) < 4.78 is 25.7. The minimum atomic E-state index is -1.09. The highest BCUT2D eigenvalue weighted by atomic mass is 35.5. The van der Waals surface area contributed by atoms with Crippen LogP contribution in [0.3, 0.4) is 0 Å². The van der Waals surface area contributed by atoms with E-state index < -0.39 is 5.79 Å². The SMILES string of the molecule is CCOC[C@@H]1CO[C@@](Cn2ccnc2)(c2cc3cc(Cl)cc(Cl)c3o2)O1. The molecule has 0 saturated carbocycles. The van der Waals surface area contributed by atoms with Gasteiger partial charge >= 0.3 is 0 Å². The van der Waals surface area contributed by atoms with Crippen LogP contribution in [0.2, 0.25) is 10.0 Å². The second kappa shape index (κ2) is 7.21. The third-order valence-electron chi connectivity index (χ3n) is 4.23. The Labute approximate surface area is 160 Å². The Morgan fingerprint density at radius 2 is 2.23 bits per heavy atom. The van der Waals surface area contributed by atoms with Crippen molar-refractivity contribution in [1.29, 1.82) is 0 Å². The van der Waals surface area contributed by atoms with Crippen LogP contribution in [0.4, 0.5) is 0 Å². The number of fused-ring (bicyclic) bond motifs is 1. The van der Waals surface area contributed by atoms with E-state index in [2.05, 4.69) is 4.98 Å². The molecule has 1 fully saturated rings. The number of nitrogens with zero attached hydrogens (tertiary/aromatic N) is 2. The smallest absolute Gasteiger partial charge is 0.247 e. The van der Waals surface area contributed by atoms with E-state index in [0.29, 0.717) is 47.8 Å². The molecule has 0 unspecified atom stereocenters. The van der Waals surface area contributed by atoms with Gasteiger partial charge in [-0.15, -0.1) is 0 Å². The quantitative estimate of drug-likeness (QED) is 0.623. The number of aromatic nitrogens is 2. The number of rotatable bonds is 6. The Morgan fingerprint density at radius 1 is 1.35 bits per heavy atom. The monoisotopic (exact) mass is 396 g/mol. The molecule has 2 atom stereocenters. The van der Waals surface area contributed by atoms with Crippen LogP contribution < -0.4 is 0 Å². The standard InChI is InChI=1S/C18H18Cl2N2O4/c1-2-23-8-14-9-24-18(26-14,10-22-4-3-21-11-22)16-6-12-5-13(19)7-15(20)17(12)25-16/h3-7,11,14H,2,8-10H2,1H3/t14-,18-/m1/s1. The van der Waals surface area contributed by atoms with Gasteiger partial charge in [0, 0.05) is 29.4 Å². The number of hydrogen-bond acceptors (Lipinski definition) is 5. The number of ether oxygens (including phenoxy) is 3. The molecule has 0 aliphatic carbocycles. The second-order valence-electron chi connectivity index (χ2n) is 6.11. The van der Waals surface area contributed by atoms with Gasteiger partial charge in [0.15, 0.2) is 11.3 Å². The molecule has 8 heteroatoms. The lowest BCUT2D eigenvalue weighted by molar-refractivity contribution is -0.202. The number of hydrogen-bond donors (Lipinski definition) is 0. The van der Waals surface area contributed by atoms with E-state index in [0.717, 1.165) is 5.39 Å². The molecule has 0 radical (unpaired) electrons. The Balaban J connectivity index is 1.72. The van der Waals surface area contributed by atoms with Crippen molar-refractivity contribution in [3.05, 3.63) is 52.7 Å². The number of halogens is 2. The molecule has 1 aliphatic rings. The van der Waals surface area contributed by atoms with Gasteiger partial charge in [-0.05, 0) is 25.1 Å². The van der Waals surface area contributed by atoms with Crippen molar-refractivity contribution in [2.75, 3.05) is 19.8 Å². The minimum Gasteiger partial charge on any atom is -0.454 e. The van der Waals surface area contributed by atoms with Crippen molar-refractivity contribution in [3.63, 3.8) is 0 Å². The first-order valence-corrected chi connectivity index (χ1v) is 9.09. The van der Waals surface area contributed by atoms with Crippen LogP contribution in [-0.2, 0) is 26.5 Å². The zero-order valence-corrected chi connectivity index (χ0v) is 15.7. The molecule has 3 heterocycles. The summed E-state index contributed by atoms with van der Waals surface area (Å²) >= 11 is 12.4. The van der Waals surface area contributed by atoms with Crippen LogP contribution in [0.25, 0.3) is 11.0 Å². The van der Waals surface area contributed by atoms with Crippen LogP contribution >= 0.6 is 23.2 Å². The highest BCUT2D eigenvalue weighted by molar-refractivity contribution is 6.38. The minimum absolute atomic E-state index is 0.189. The molecule has 0 bridgehead atoms. The van der Waals surface area contributed by atoms with Crippen LogP contribution in [-0.4, -0.2) is 35.5 Å². The van der Waals surface area contributed by atoms with Crippen molar-refractivity contribution >= 4 is 34.2 Å². The van der Waals surface area contributed by atoms with Crippen molar-refractivity contribution in [2.45, 2.75) is 25.4 Å². The summed E-state index contributed by atoms with van der Waals surface area (Å²) in [7, 11) is 0. The van der Waals surface area contributed by atoms with Gasteiger partial charge in [0.25, 0.3) is 0 Å². The molecule has 4 rings (SSSR count). The van der Waals surface area contributed by atoms with E-state index in [1.165, 1.54) is 0 Å². The first-order chi connectivity index (χ1) is 12.6. The van der Waals surface area contributed by atoms with E-state index in [1.807, 2.05) is 23.8 Å². The molecule has 2 aromatic heterocycles. The summed E-state index contributed by atoms with van der Waals surface area (Å²) in [5, 5.41) is 1.78. The highest BCUT2D eigenvalue weighted by Gasteiger charge is 2.46. The molecule has 0 amide bonds. The molecule has 1 saturated heterocycles. The molecular weight excluding hydrogens is 379 g/mol. The van der Waals surface area contributed by atoms with Crippen molar-refractivity contribution in [3.8, 4) is 0 Å². The molecule has 0 spiro atoms. The molecule has 1 aromatic carbocycles. The fraction of sp³-hybridized carbons (Fsp3) is 0.389. The number of furan rings is 1. The van der Waals surface area contributed by atoms with Gasteiger partial charge < -0.3 is 23.2 Å². The summed E-state index contributed by atoms with van der Waals surface area (Å²) in [6, 6.07) is 5.30. The van der Waals surface area contributed by atoms with Crippen LogP contribution in [0.15, 0.2) is 41.3 Å². The van der Waals surface area contributed by atoms with E-state index in [9.17, 15) is 0 Å². The van der Waals surface area contributed by atoms with Crippen molar-refractivity contribution in [1.82, 2.24) is 9.55 Å². The largest absolute Gasteiger partial charge is 0.454 e. The first-order valence-electron chi connectivity index (χ1n) is 8.34. The molecule has 3 aromatic rings. The van der Waals surface area contributed by atoms with E-state index in [1.54, 1.807) is 24.7 Å². The molecule has 26 heavy (non-hydrogen) atoms. The Bertz CT molecular complexity index is 896. The summed E-state index contributed by atoms with van der Waals surface area (Å²) in [5.41, 5.74) is 0.552. The van der Waals surface area contributed by atoms with Gasteiger partial charge in [-0.3, -0.25) is 0 Å². The van der Waals surface area contributed by atoms with E-state index in [-0.39, 0.29) is 6.10 Å².